The third kappa shape index (κ3) is 1.94. The fraction of sp³-hybridized carbons (Fsp3) is 0.571. The number of aliphatic hydroxyl groups is 1. The van der Waals surface area contributed by atoms with Crippen LogP contribution in [0.1, 0.15) is 6.42 Å². The molecule has 1 N–H and O–H groups in total. The van der Waals surface area contributed by atoms with Gasteiger partial charge in [-0.15, -0.1) is 0 Å². The number of halogens is 1. The summed E-state index contributed by atoms with van der Waals surface area (Å²) in [5, 5.41) is 9.08. The van der Waals surface area contributed by atoms with E-state index < -0.39 is 6.10 Å². The molecule has 1 rings (SSSR count). The van der Waals surface area contributed by atoms with Crippen LogP contribution in [0.4, 0.5) is 0 Å². The molecule has 62 valence electrons. The fourth-order valence-electron chi connectivity index (χ4n) is 1.10. The highest BCUT2D eigenvalue weighted by Crippen LogP contribution is 2.12. The molecule has 1 saturated heterocycles. The van der Waals surface area contributed by atoms with Crippen molar-refractivity contribution in [3.8, 4) is 0 Å². The van der Waals surface area contributed by atoms with Crippen molar-refractivity contribution >= 4 is 17.5 Å². The van der Waals surface area contributed by atoms with Gasteiger partial charge in [-0.2, -0.15) is 0 Å². The first-order chi connectivity index (χ1) is 5.11. The molecule has 0 bridgehead atoms. The maximum atomic E-state index is 11.1. The number of hydrogen-bond acceptors (Lipinski definition) is 2. The highest BCUT2D eigenvalue weighted by atomic mass is 35.5. The summed E-state index contributed by atoms with van der Waals surface area (Å²) in [6.45, 7) is 4.27. The van der Waals surface area contributed by atoms with E-state index in [9.17, 15) is 4.79 Å². The van der Waals surface area contributed by atoms with Gasteiger partial charge in [0.05, 0.1) is 11.1 Å². The second-order valence-electron chi connectivity index (χ2n) is 2.60. The lowest BCUT2D eigenvalue weighted by atomic mass is 10.3. The second-order valence-corrected chi connectivity index (χ2v) is 3.05. The largest absolute Gasteiger partial charge is 0.391 e. The average molecular weight is 176 g/mol. The van der Waals surface area contributed by atoms with E-state index in [0.717, 1.165) is 0 Å². The minimum Gasteiger partial charge on any atom is -0.391 e. The van der Waals surface area contributed by atoms with E-state index in [0.29, 0.717) is 19.5 Å². The number of β-amino-alcohol motifs (C(OH)–C–C–N with tert-alkyl or cyclic N) is 1. The molecule has 1 fully saturated rings. The van der Waals surface area contributed by atoms with Crippen LogP contribution in [-0.2, 0) is 4.79 Å². The first kappa shape index (κ1) is 8.56. The quantitative estimate of drug-likeness (QED) is 0.584. The molecule has 1 aliphatic heterocycles. The summed E-state index contributed by atoms with van der Waals surface area (Å²) in [7, 11) is 0. The molecule has 0 aromatic carbocycles. The van der Waals surface area contributed by atoms with Gasteiger partial charge in [0.25, 0.3) is 5.91 Å². The normalized spacial score (nSPS) is 23.8. The number of amides is 1. The van der Waals surface area contributed by atoms with Crippen molar-refractivity contribution in [1.82, 2.24) is 4.90 Å². The second kappa shape index (κ2) is 3.24. The van der Waals surface area contributed by atoms with E-state index in [1.807, 2.05) is 0 Å². The van der Waals surface area contributed by atoms with Gasteiger partial charge in [0.2, 0.25) is 0 Å². The van der Waals surface area contributed by atoms with Crippen LogP contribution in [0, 0.1) is 0 Å². The Bertz CT molecular complexity index is 193. The maximum Gasteiger partial charge on any atom is 0.264 e. The molecule has 0 aromatic heterocycles. The lowest BCUT2D eigenvalue weighted by Gasteiger charge is -2.13. The fourth-order valence-corrected chi connectivity index (χ4v) is 1.22. The SMILES string of the molecule is C=C(Cl)C(=O)N1CC[C@@H](O)C1. The third-order valence-electron chi connectivity index (χ3n) is 1.68. The number of likely N-dealkylation sites (tertiary alicyclic amines) is 1. The van der Waals surface area contributed by atoms with E-state index in [-0.39, 0.29) is 10.9 Å². The Labute approximate surface area is 70.3 Å². The summed E-state index contributed by atoms with van der Waals surface area (Å²) in [6.07, 6.45) is 0.241. The first-order valence-electron chi connectivity index (χ1n) is 3.43. The van der Waals surface area contributed by atoms with Crippen LogP contribution in [0.3, 0.4) is 0 Å². The van der Waals surface area contributed by atoms with Gasteiger partial charge < -0.3 is 10.0 Å². The van der Waals surface area contributed by atoms with Crippen molar-refractivity contribution in [2.24, 2.45) is 0 Å². The molecule has 0 radical (unpaired) electrons. The molecule has 0 aliphatic carbocycles. The Hall–Kier alpha value is -0.540. The summed E-state index contributed by atoms with van der Waals surface area (Å²) >= 11 is 5.39. The minimum absolute atomic E-state index is 0.0131. The molecule has 0 aromatic rings. The van der Waals surface area contributed by atoms with E-state index in [4.69, 9.17) is 16.7 Å². The van der Waals surface area contributed by atoms with Gasteiger partial charge in [-0.05, 0) is 6.42 Å². The molecule has 4 heteroatoms. The van der Waals surface area contributed by atoms with Crippen LogP contribution in [0.25, 0.3) is 0 Å². The van der Waals surface area contributed by atoms with Gasteiger partial charge in [-0.25, -0.2) is 0 Å². The van der Waals surface area contributed by atoms with Crippen molar-refractivity contribution in [2.45, 2.75) is 12.5 Å². The Balaban J connectivity index is 2.50. The molecular weight excluding hydrogens is 166 g/mol. The van der Waals surface area contributed by atoms with Crippen molar-refractivity contribution in [3.05, 3.63) is 11.6 Å². The molecular formula is C7H10ClNO2. The average Bonchev–Trinajstić information content (AvgIpc) is 2.34. The van der Waals surface area contributed by atoms with E-state index in [2.05, 4.69) is 6.58 Å². The monoisotopic (exact) mass is 175 g/mol. The Morgan fingerprint density at radius 1 is 1.73 bits per heavy atom. The molecule has 1 aliphatic rings. The number of nitrogens with zero attached hydrogens (tertiary/aromatic N) is 1. The molecule has 1 amide bonds. The van der Waals surface area contributed by atoms with Crippen LogP contribution in [0.5, 0.6) is 0 Å². The molecule has 1 atom stereocenters. The van der Waals surface area contributed by atoms with Crippen LogP contribution in [0.2, 0.25) is 0 Å². The molecule has 11 heavy (non-hydrogen) atoms. The molecule has 0 unspecified atom stereocenters. The highest BCUT2D eigenvalue weighted by molar-refractivity contribution is 6.41. The number of hydrogen-bond donors (Lipinski definition) is 1. The predicted molar refractivity (Wildman–Crippen MR) is 42.2 cm³/mol. The van der Waals surface area contributed by atoms with E-state index in [1.165, 1.54) is 4.90 Å². The highest BCUT2D eigenvalue weighted by Gasteiger charge is 2.24. The molecule has 0 saturated carbocycles. The number of rotatable bonds is 1. The maximum absolute atomic E-state index is 11.1. The lowest BCUT2D eigenvalue weighted by Crippen LogP contribution is -2.29. The standard InChI is InChI=1S/C7H10ClNO2/c1-5(8)7(11)9-3-2-6(10)4-9/h6,10H,1-4H2/t6-/m1/s1. The third-order valence-corrected chi connectivity index (χ3v) is 1.84. The van der Waals surface area contributed by atoms with Gasteiger partial charge in [0.15, 0.2) is 0 Å². The van der Waals surface area contributed by atoms with Gasteiger partial charge in [-0.3, -0.25) is 4.79 Å². The summed E-state index contributed by atoms with van der Waals surface area (Å²) in [4.78, 5) is 12.6. The topological polar surface area (TPSA) is 40.5 Å². The van der Waals surface area contributed by atoms with Gasteiger partial charge >= 0.3 is 0 Å². The molecule has 0 spiro atoms. The van der Waals surface area contributed by atoms with Crippen LogP contribution >= 0.6 is 11.6 Å². The Morgan fingerprint density at radius 2 is 2.36 bits per heavy atom. The van der Waals surface area contributed by atoms with Crippen LogP contribution in [-0.4, -0.2) is 35.1 Å². The van der Waals surface area contributed by atoms with Crippen LogP contribution < -0.4 is 0 Å². The van der Waals surface area contributed by atoms with Gasteiger partial charge in [0.1, 0.15) is 0 Å². The van der Waals surface area contributed by atoms with E-state index in [1.54, 1.807) is 0 Å². The molecule has 1 heterocycles. The Kier molecular flexibility index (Phi) is 2.52. The van der Waals surface area contributed by atoms with E-state index >= 15 is 0 Å². The van der Waals surface area contributed by atoms with Gasteiger partial charge in [-0.1, -0.05) is 18.2 Å². The zero-order valence-corrected chi connectivity index (χ0v) is 6.84. The van der Waals surface area contributed by atoms with Gasteiger partial charge in [0, 0.05) is 13.1 Å². The van der Waals surface area contributed by atoms with Crippen molar-refractivity contribution in [2.75, 3.05) is 13.1 Å². The summed E-state index contributed by atoms with van der Waals surface area (Å²) in [5.41, 5.74) is 0. The molecule has 3 nitrogen and oxygen atoms in total. The minimum atomic E-state index is -0.394. The summed E-state index contributed by atoms with van der Waals surface area (Å²) in [6, 6.07) is 0. The predicted octanol–water partition coefficient (Wildman–Crippen LogP) is 0.332. The smallest absolute Gasteiger partial charge is 0.264 e. The number of carbonyl (C=O) groups excluding carboxylic acids is 1. The zero-order chi connectivity index (χ0) is 8.43. The summed E-state index contributed by atoms with van der Waals surface area (Å²) in [5.74, 6) is -0.275. The van der Waals surface area contributed by atoms with Crippen molar-refractivity contribution in [1.29, 1.82) is 0 Å². The first-order valence-corrected chi connectivity index (χ1v) is 3.81. The zero-order valence-electron chi connectivity index (χ0n) is 6.09. The van der Waals surface area contributed by atoms with Crippen molar-refractivity contribution in [3.63, 3.8) is 0 Å². The summed E-state index contributed by atoms with van der Waals surface area (Å²) < 4.78 is 0. The van der Waals surface area contributed by atoms with Crippen molar-refractivity contribution < 1.29 is 9.90 Å². The van der Waals surface area contributed by atoms with Crippen LogP contribution in [0.15, 0.2) is 11.6 Å². The lowest BCUT2D eigenvalue weighted by molar-refractivity contribution is -0.125. The number of carbonyl (C=O) groups is 1. The Morgan fingerprint density at radius 3 is 2.73 bits per heavy atom. The number of aliphatic hydroxyl groups excluding tert-OH is 1.